The highest BCUT2D eigenvalue weighted by molar-refractivity contribution is 5.76. The normalized spacial score (nSPS) is 14.8. The molecule has 136 valence electrons. The van der Waals surface area contributed by atoms with Crippen LogP contribution in [0, 0.1) is 0 Å². The minimum atomic E-state index is -4.87. The van der Waals surface area contributed by atoms with E-state index in [9.17, 15) is 36.2 Å². The van der Waals surface area contributed by atoms with Crippen LogP contribution < -0.4 is 10.1 Å². The summed E-state index contributed by atoms with van der Waals surface area (Å²) in [7, 11) is 0. The van der Waals surface area contributed by atoms with Crippen molar-refractivity contribution in [2.24, 2.45) is 0 Å². The SMILES string of the molecule is CC(NC(=O)CC(O)CC(F)(F)F)c1cccc(OC(F)(F)F)c1. The number of hydrogen-bond acceptors (Lipinski definition) is 3. The Labute approximate surface area is 133 Å². The van der Waals surface area contributed by atoms with Gasteiger partial charge >= 0.3 is 12.5 Å². The molecule has 0 spiro atoms. The highest BCUT2D eigenvalue weighted by Gasteiger charge is 2.32. The van der Waals surface area contributed by atoms with Crippen molar-refractivity contribution in [1.82, 2.24) is 5.32 Å². The maximum absolute atomic E-state index is 12.2. The number of hydrogen-bond donors (Lipinski definition) is 2. The molecule has 0 aliphatic heterocycles. The molecule has 4 nitrogen and oxygen atoms in total. The lowest BCUT2D eigenvalue weighted by Gasteiger charge is -2.18. The van der Waals surface area contributed by atoms with Crippen LogP contribution in [0.5, 0.6) is 5.75 Å². The van der Waals surface area contributed by atoms with Crippen LogP contribution in [0.4, 0.5) is 26.3 Å². The molecule has 0 bridgehead atoms. The molecule has 2 N–H and O–H groups in total. The zero-order valence-corrected chi connectivity index (χ0v) is 12.4. The van der Waals surface area contributed by atoms with Crippen LogP contribution in [-0.4, -0.2) is 29.7 Å². The first kappa shape index (κ1) is 20.1. The van der Waals surface area contributed by atoms with E-state index in [4.69, 9.17) is 0 Å². The number of rotatable bonds is 6. The average molecular weight is 359 g/mol. The summed E-state index contributed by atoms with van der Waals surface area (Å²) in [5.41, 5.74) is 0.260. The van der Waals surface area contributed by atoms with Crippen LogP contribution in [0.2, 0.25) is 0 Å². The lowest BCUT2D eigenvalue weighted by Crippen LogP contribution is -2.31. The van der Waals surface area contributed by atoms with Gasteiger partial charge in [-0.1, -0.05) is 12.1 Å². The molecule has 2 unspecified atom stereocenters. The van der Waals surface area contributed by atoms with E-state index in [1.54, 1.807) is 0 Å². The van der Waals surface area contributed by atoms with E-state index in [0.717, 1.165) is 12.1 Å². The highest BCUT2D eigenvalue weighted by Crippen LogP contribution is 2.26. The van der Waals surface area contributed by atoms with Crippen molar-refractivity contribution in [2.75, 3.05) is 0 Å². The smallest absolute Gasteiger partial charge is 0.406 e. The monoisotopic (exact) mass is 359 g/mol. The Morgan fingerprint density at radius 3 is 2.42 bits per heavy atom. The summed E-state index contributed by atoms with van der Waals surface area (Å²) in [6, 6.07) is 4.02. The van der Waals surface area contributed by atoms with Gasteiger partial charge < -0.3 is 15.2 Å². The third-order valence-corrected chi connectivity index (χ3v) is 2.86. The Kier molecular flexibility index (Phi) is 6.47. The van der Waals surface area contributed by atoms with Crippen molar-refractivity contribution in [3.63, 3.8) is 0 Å². The summed E-state index contributed by atoms with van der Waals surface area (Å²) in [5.74, 6) is -1.35. The molecule has 0 aromatic heterocycles. The lowest BCUT2D eigenvalue weighted by atomic mass is 10.1. The predicted molar refractivity (Wildman–Crippen MR) is 71.0 cm³/mol. The number of benzene rings is 1. The fourth-order valence-electron chi connectivity index (χ4n) is 1.92. The van der Waals surface area contributed by atoms with Crippen LogP contribution in [-0.2, 0) is 4.79 Å². The van der Waals surface area contributed by atoms with Gasteiger partial charge in [0.25, 0.3) is 0 Å². The van der Waals surface area contributed by atoms with Crippen LogP contribution in [0.1, 0.15) is 31.4 Å². The van der Waals surface area contributed by atoms with Gasteiger partial charge in [0.05, 0.1) is 25.0 Å². The Morgan fingerprint density at radius 2 is 1.88 bits per heavy atom. The second kappa shape index (κ2) is 7.73. The Bertz CT molecular complexity index is 558. The molecule has 1 aromatic rings. The molecule has 1 aromatic carbocycles. The number of ether oxygens (including phenoxy) is 1. The van der Waals surface area contributed by atoms with Gasteiger partial charge in [-0.25, -0.2) is 0 Å². The van der Waals surface area contributed by atoms with Gasteiger partial charge in [0, 0.05) is 0 Å². The second-order valence-electron chi connectivity index (χ2n) is 5.09. The van der Waals surface area contributed by atoms with Crippen LogP contribution in [0.3, 0.4) is 0 Å². The molecular formula is C14H15F6NO3. The molecule has 0 fully saturated rings. The lowest BCUT2D eigenvalue weighted by molar-refractivity contribution is -0.274. The molecule has 0 saturated heterocycles. The standard InChI is InChI=1S/C14H15F6NO3/c1-8(21-12(23)6-10(22)7-13(15,16)17)9-3-2-4-11(5-9)24-14(18,19)20/h2-5,8,10,22H,6-7H2,1H3,(H,21,23). The summed E-state index contributed by atoms with van der Waals surface area (Å²) in [4.78, 5) is 11.6. The number of amides is 1. The van der Waals surface area contributed by atoms with Gasteiger partial charge in [0.2, 0.25) is 5.91 Å². The largest absolute Gasteiger partial charge is 0.573 e. The topological polar surface area (TPSA) is 58.6 Å². The van der Waals surface area contributed by atoms with Crippen molar-refractivity contribution < 1.29 is 41.0 Å². The minimum absolute atomic E-state index is 0.260. The van der Waals surface area contributed by atoms with Gasteiger partial charge in [0.15, 0.2) is 0 Å². The number of nitrogens with one attached hydrogen (secondary N) is 1. The van der Waals surface area contributed by atoms with Crippen molar-refractivity contribution in [3.05, 3.63) is 29.8 Å². The van der Waals surface area contributed by atoms with Gasteiger partial charge in [-0.05, 0) is 24.6 Å². The zero-order valence-electron chi connectivity index (χ0n) is 12.4. The average Bonchev–Trinajstić information content (AvgIpc) is 2.33. The third-order valence-electron chi connectivity index (χ3n) is 2.86. The first-order valence-electron chi connectivity index (χ1n) is 6.75. The number of aliphatic hydroxyl groups is 1. The minimum Gasteiger partial charge on any atom is -0.406 e. The maximum Gasteiger partial charge on any atom is 0.573 e. The van der Waals surface area contributed by atoms with Gasteiger partial charge in [-0.3, -0.25) is 4.79 Å². The number of carbonyl (C=O) groups excluding carboxylic acids is 1. The number of halogens is 6. The summed E-state index contributed by atoms with van der Waals surface area (Å²) in [6.45, 7) is 1.43. The van der Waals surface area contributed by atoms with Crippen molar-refractivity contribution in [3.8, 4) is 5.75 Å². The fraction of sp³-hybridized carbons (Fsp3) is 0.500. The van der Waals surface area contributed by atoms with E-state index in [1.807, 2.05) is 0 Å². The molecule has 1 rings (SSSR count). The van der Waals surface area contributed by atoms with E-state index >= 15 is 0 Å². The van der Waals surface area contributed by atoms with E-state index in [-0.39, 0.29) is 5.56 Å². The highest BCUT2D eigenvalue weighted by atomic mass is 19.4. The first-order chi connectivity index (χ1) is 10.9. The molecule has 0 aliphatic carbocycles. The summed E-state index contributed by atoms with van der Waals surface area (Å²) >= 11 is 0. The Morgan fingerprint density at radius 1 is 1.25 bits per heavy atom. The molecule has 2 atom stereocenters. The summed E-state index contributed by atoms with van der Waals surface area (Å²) in [5, 5.41) is 11.5. The molecule has 0 heterocycles. The van der Waals surface area contributed by atoms with E-state index in [2.05, 4.69) is 10.1 Å². The van der Waals surface area contributed by atoms with Gasteiger partial charge in [-0.15, -0.1) is 13.2 Å². The summed E-state index contributed by atoms with van der Waals surface area (Å²) in [6.07, 6.45) is -13.7. The molecule has 24 heavy (non-hydrogen) atoms. The maximum atomic E-state index is 12.2. The van der Waals surface area contributed by atoms with E-state index in [1.165, 1.54) is 19.1 Å². The molecule has 10 heteroatoms. The first-order valence-corrected chi connectivity index (χ1v) is 6.75. The number of carbonyl (C=O) groups is 1. The fourth-order valence-corrected chi connectivity index (χ4v) is 1.92. The second-order valence-corrected chi connectivity index (χ2v) is 5.09. The third kappa shape index (κ3) is 8.04. The molecule has 1 amide bonds. The molecule has 0 radical (unpaired) electrons. The quantitative estimate of drug-likeness (QED) is 0.765. The van der Waals surface area contributed by atoms with Gasteiger partial charge in [0.1, 0.15) is 5.75 Å². The van der Waals surface area contributed by atoms with Crippen molar-refractivity contribution >= 4 is 5.91 Å². The summed E-state index contributed by atoms with van der Waals surface area (Å²) < 4.78 is 76.4. The van der Waals surface area contributed by atoms with Crippen LogP contribution in [0.15, 0.2) is 24.3 Å². The molecule has 0 aliphatic rings. The van der Waals surface area contributed by atoms with E-state index < -0.39 is 49.2 Å². The van der Waals surface area contributed by atoms with E-state index in [0.29, 0.717) is 0 Å². The Balaban J connectivity index is 2.63. The molecular weight excluding hydrogens is 344 g/mol. The van der Waals surface area contributed by atoms with Crippen LogP contribution >= 0.6 is 0 Å². The Hall–Kier alpha value is -1.97. The zero-order chi connectivity index (χ0) is 18.5. The van der Waals surface area contributed by atoms with Crippen LogP contribution in [0.25, 0.3) is 0 Å². The predicted octanol–water partition coefficient (Wildman–Crippen LogP) is 3.47. The molecule has 0 saturated carbocycles. The van der Waals surface area contributed by atoms with Crippen molar-refractivity contribution in [2.45, 2.75) is 44.4 Å². The number of aliphatic hydroxyl groups excluding tert-OH is 1. The van der Waals surface area contributed by atoms with Gasteiger partial charge in [-0.2, -0.15) is 13.2 Å². The van der Waals surface area contributed by atoms with Crippen molar-refractivity contribution in [1.29, 1.82) is 0 Å². The number of alkyl halides is 6.